The topological polar surface area (TPSA) is 96.0 Å². The van der Waals surface area contributed by atoms with Gasteiger partial charge in [-0.3, -0.25) is 13.9 Å². The second-order valence-corrected chi connectivity index (χ2v) is 13.0. The van der Waals surface area contributed by atoms with Crippen LogP contribution in [0.2, 0.25) is 5.02 Å². The monoisotopic (exact) mass is 611 g/mol. The summed E-state index contributed by atoms with van der Waals surface area (Å²) in [5, 5.41) is 3.61. The van der Waals surface area contributed by atoms with Gasteiger partial charge in [-0.15, -0.1) is 0 Å². The highest BCUT2D eigenvalue weighted by Gasteiger charge is 2.33. The largest absolute Gasteiger partial charge is 0.497 e. The predicted octanol–water partition coefficient (Wildman–Crippen LogP) is 5.72. The molecule has 224 valence electrons. The van der Waals surface area contributed by atoms with E-state index in [1.165, 1.54) is 24.1 Å². The highest BCUT2D eigenvalue weighted by Crippen LogP contribution is 2.27. The molecule has 1 unspecified atom stereocenters. The predicted molar refractivity (Wildman–Crippen MR) is 165 cm³/mol. The number of nitrogens with zero attached hydrogens (tertiary/aromatic N) is 2. The molecule has 1 atom stereocenters. The Morgan fingerprint density at radius 3 is 2.29 bits per heavy atom. The van der Waals surface area contributed by atoms with Crippen LogP contribution < -0.4 is 14.4 Å². The molecule has 0 aliphatic heterocycles. The van der Waals surface area contributed by atoms with Crippen LogP contribution in [0.3, 0.4) is 0 Å². The van der Waals surface area contributed by atoms with Crippen LogP contribution in [-0.4, -0.2) is 50.9 Å². The van der Waals surface area contributed by atoms with E-state index in [0.717, 1.165) is 47.5 Å². The van der Waals surface area contributed by atoms with Crippen molar-refractivity contribution in [2.75, 3.05) is 18.0 Å². The van der Waals surface area contributed by atoms with Gasteiger partial charge in [0.15, 0.2) is 0 Å². The maximum Gasteiger partial charge on any atom is 0.264 e. The number of ether oxygens (including phenoxy) is 1. The Morgan fingerprint density at radius 2 is 1.67 bits per heavy atom. The lowest BCUT2D eigenvalue weighted by Crippen LogP contribution is -2.53. The molecular weight excluding hydrogens is 574 g/mol. The molecular formula is C32H38ClN3O5S. The van der Waals surface area contributed by atoms with Crippen molar-refractivity contribution >= 4 is 39.1 Å². The van der Waals surface area contributed by atoms with E-state index >= 15 is 0 Å². The van der Waals surface area contributed by atoms with E-state index in [2.05, 4.69) is 5.32 Å². The number of amides is 2. The van der Waals surface area contributed by atoms with Gasteiger partial charge < -0.3 is 15.0 Å². The number of rotatable bonds is 11. The number of carbonyl (C=O) groups excluding carboxylic acids is 2. The molecule has 0 radical (unpaired) electrons. The SMILES string of the molecule is COc1ccc(S(=O)(=O)N(CC(=O)N(Cc2cccc(Cl)c2)C(C)C(=O)NC2CCCCC2)c2ccc(C)cc2)cc1. The number of aryl methyl sites for hydroxylation is 1. The third-order valence-electron chi connectivity index (χ3n) is 7.61. The van der Waals surface area contributed by atoms with Gasteiger partial charge in [-0.1, -0.05) is 60.7 Å². The van der Waals surface area contributed by atoms with Crippen LogP contribution in [0.25, 0.3) is 0 Å². The van der Waals surface area contributed by atoms with Crippen molar-refractivity contribution in [3.8, 4) is 5.75 Å². The van der Waals surface area contributed by atoms with Crippen LogP contribution in [0, 0.1) is 6.92 Å². The van der Waals surface area contributed by atoms with Crippen LogP contribution in [0.5, 0.6) is 5.75 Å². The summed E-state index contributed by atoms with van der Waals surface area (Å²) in [5.74, 6) is -0.270. The van der Waals surface area contributed by atoms with E-state index in [9.17, 15) is 18.0 Å². The average molecular weight is 612 g/mol. The molecule has 3 aromatic rings. The van der Waals surface area contributed by atoms with Gasteiger partial charge in [0, 0.05) is 17.6 Å². The van der Waals surface area contributed by atoms with Crippen LogP contribution in [0.4, 0.5) is 5.69 Å². The smallest absolute Gasteiger partial charge is 0.264 e. The first kappa shape index (κ1) is 31.4. The minimum absolute atomic E-state index is 0.0150. The first-order valence-electron chi connectivity index (χ1n) is 14.2. The van der Waals surface area contributed by atoms with Crippen molar-refractivity contribution in [1.82, 2.24) is 10.2 Å². The standard InChI is InChI=1S/C32H38ClN3O5S/c1-23-12-14-28(15-13-23)36(42(39,40)30-18-16-29(41-3)17-19-30)22-31(37)35(21-25-8-7-9-26(33)20-25)24(2)32(38)34-27-10-5-4-6-11-27/h7-9,12-20,24,27H,4-6,10-11,21-22H2,1-3H3,(H,34,38). The van der Waals surface area contributed by atoms with Crippen LogP contribution >= 0.6 is 11.6 Å². The lowest BCUT2D eigenvalue weighted by Gasteiger charge is -2.33. The Hall–Kier alpha value is -3.56. The number of nitrogens with one attached hydrogen (secondary N) is 1. The third kappa shape index (κ3) is 7.83. The molecule has 0 aromatic heterocycles. The molecule has 4 rings (SSSR count). The minimum atomic E-state index is -4.16. The molecule has 1 aliphatic rings. The summed E-state index contributed by atoms with van der Waals surface area (Å²) in [6.07, 6.45) is 5.07. The quantitative estimate of drug-likeness (QED) is 0.299. The molecule has 1 N–H and O–H groups in total. The second kappa shape index (κ2) is 14.1. The summed E-state index contributed by atoms with van der Waals surface area (Å²) < 4.78 is 34.2. The van der Waals surface area contributed by atoms with Gasteiger partial charge >= 0.3 is 0 Å². The number of carbonyl (C=O) groups is 2. The summed E-state index contributed by atoms with van der Waals surface area (Å²) >= 11 is 6.23. The fourth-order valence-corrected chi connectivity index (χ4v) is 6.73. The van der Waals surface area contributed by atoms with Gasteiger partial charge in [0.25, 0.3) is 10.0 Å². The highest BCUT2D eigenvalue weighted by molar-refractivity contribution is 7.92. The van der Waals surface area contributed by atoms with Gasteiger partial charge in [0.1, 0.15) is 18.3 Å². The van der Waals surface area contributed by atoms with E-state index in [0.29, 0.717) is 16.5 Å². The van der Waals surface area contributed by atoms with Gasteiger partial charge in [-0.25, -0.2) is 8.42 Å². The zero-order chi connectivity index (χ0) is 30.3. The van der Waals surface area contributed by atoms with Gasteiger partial charge in [-0.2, -0.15) is 0 Å². The molecule has 42 heavy (non-hydrogen) atoms. The van der Waals surface area contributed by atoms with Gasteiger partial charge in [0.2, 0.25) is 11.8 Å². The Labute approximate surface area is 253 Å². The Kier molecular flexibility index (Phi) is 10.5. The van der Waals surface area contributed by atoms with E-state index < -0.39 is 28.5 Å². The fraction of sp³-hybridized carbons (Fsp3) is 0.375. The maximum atomic E-state index is 14.1. The van der Waals surface area contributed by atoms with Crippen molar-refractivity contribution in [1.29, 1.82) is 0 Å². The molecule has 10 heteroatoms. The van der Waals surface area contributed by atoms with Crippen LogP contribution in [-0.2, 0) is 26.2 Å². The number of halogens is 1. The summed E-state index contributed by atoms with van der Waals surface area (Å²) in [6.45, 7) is 3.16. The fourth-order valence-electron chi connectivity index (χ4n) is 5.10. The molecule has 0 bridgehead atoms. The molecule has 1 fully saturated rings. The number of hydrogen-bond acceptors (Lipinski definition) is 5. The second-order valence-electron chi connectivity index (χ2n) is 10.7. The van der Waals surface area contributed by atoms with Crippen molar-refractivity contribution in [3.63, 3.8) is 0 Å². The molecule has 1 saturated carbocycles. The number of methoxy groups -OCH3 is 1. The zero-order valence-electron chi connectivity index (χ0n) is 24.3. The first-order valence-corrected chi connectivity index (χ1v) is 16.0. The van der Waals surface area contributed by atoms with Crippen molar-refractivity contribution < 1.29 is 22.7 Å². The summed E-state index contributed by atoms with van der Waals surface area (Å²) in [4.78, 5) is 28.9. The summed E-state index contributed by atoms with van der Waals surface area (Å²) in [5.41, 5.74) is 2.02. The summed E-state index contributed by atoms with van der Waals surface area (Å²) in [7, 11) is -2.66. The van der Waals surface area contributed by atoms with E-state index in [1.54, 1.807) is 61.5 Å². The lowest BCUT2D eigenvalue weighted by molar-refractivity contribution is -0.139. The number of anilines is 1. The van der Waals surface area contributed by atoms with E-state index in [1.807, 2.05) is 13.0 Å². The molecule has 8 nitrogen and oxygen atoms in total. The molecule has 0 spiro atoms. The van der Waals surface area contributed by atoms with Crippen molar-refractivity contribution in [2.24, 2.45) is 0 Å². The van der Waals surface area contributed by atoms with Crippen molar-refractivity contribution in [2.45, 2.75) is 69.5 Å². The molecule has 0 heterocycles. The van der Waals surface area contributed by atoms with Gasteiger partial charge in [-0.05, 0) is 80.8 Å². The molecule has 3 aromatic carbocycles. The Morgan fingerprint density at radius 1 is 1.00 bits per heavy atom. The normalized spacial score (nSPS) is 14.6. The number of sulfonamides is 1. The first-order chi connectivity index (χ1) is 20.1. The Balaban J connectivity index is 1.67. The van der Waals surface area contributed by atoms with Crippen LogP contribution in [0.1, 0.15) is 50.2 Å². The van der Waals surface area contributed by atoms with Crippen molar-refractivity contribution in [3.05, 3.63) is 88.9 Å². The van der Waals surface area contributed by atoms with Gasteiger partial charge in [0.05, 0.1) is 17.7 Å². The maximum absolute atomic E-state index is 14.1. The average Bonchev–Trinajstić information content (AvgIpc) is 2.99. The zero-order valence-corrected chi connectivity index (χ0v) is 25.8. The van der Waals surface area contributed by atoms with E-state index in [4.69, 9.17) is 16.3 Å². The third-order valence-corrected chi connectivity index (χ3v) is 9.63. The lowest BCUT2D eigenvalue weighted by atomic mass is 9.95. The number of benzene rings is 3. The van der Waals surface area contributed by atoms with E-state index in [-0.39, 0.29) is 23.4 Å². The molecule has 2 amide bonds. The summed E-state index contributed by atoms with van der Waals surface area (Å²) in [6, 6.07) is 19.2. The highest BCUT2D eigenvalue weighted by atomic mass is 35.5. The molecule has 0 saturated heterocycles. The van der Waals surface area contributed by atoms with Crippen LogP contribution in [0.15, 0.2) is 77.7 Å². The number of hydrogen-bond donors (Lipinski definition) is 1. The molecule has 1 aliphatic carbocycles. The minimum Gasteiger partial charge on any atom is -0.497 e. The Bertz CT molecular complexity index is 1470.